The summed E-state index contributed by atoms with van der Waals surface area (Å²) in [6.45, 7) is -0.249. The molecule has 0 aromatic heterocycles. The minimum Gasteiger partial charge on any atom is -0.465 e. The first-order valence-electron chi connectivity index (χ1n) is 7.02. The van der Waals surface area contributed by atoms with Crippen LogP contribution in [0.4, 0.5) is 5.69 Å². The molecular formula is C17H15ClN2O4. The Labute approximate surface area is 143 Å². The van der Waals surface area contributed by atoms with Gasteiger partial charge in [-0.05, 0) is 30.3 Å². The normalized spacial score (nSPS) is 9.92. The van der Waals surface area contributed by atoms with E-state index in [1.165, 1.54) is 25.3 Å². The molecule has 2 amide bonds. The van der Waals surface area contributed by atoms with Gasteiger partial charge >= 0.3 is 5.97 Å². The molecular weight excluding hydrogens is 332 g/mol. The third-order valence-electron chi connectivity index (χ3n) is 3.11. The largest absolute Gasteiger partial charge is 0.465 e. The van der Waals surface area contributed by atoms with E-state index in [9.17, 15) is 14.4 Å². The molecule has 0 atom stereocenters. The number of hydrogen-bond donors (Lipinski definition) is 2. The fourth-order valence-corrected chi connectivity index (χ4v) is 2.13. The summed E-state index contributed by atoms with van der Waals surface area (Å²) in [4.78, 5) is 35.6. The maximum Gasteiger partial charge on any atom is 0.339 e. The van der Waals surface area contributed by atoms with Gasteiger partial charge in [0, 0.05) is 10.6 Å². The Morgan fingerprint density at radius 3 is 2.46 bits per heavy atom. The van der Waals surface area contributed by atoms with E-state index in [0.717, 1.165) is 0 Å². The molecule has 2 aromatic rings. The second-order valence-corrected chi connectivity index (χ2v) is 5.21. The van der Waals surface area contributed by atoms with Crippen LogP contribution in [0.25, 0.3) is 0 Å². The molecule has 2 aromatic carbocycles. The first kappa shape index (κ1) is 17.5. The zero-order valence-electron chi connectivity index (χ0n) is 12.8. The molecule has 24 heavy (non-hydrogen) atoms. The molecule has 6 nitrogen and oxygen atoms in total. The van der Waals surface area contributed by atoms with Crippen LogP contribution in [0.1, 0.15) is 20.7 Å². The minimum atomic E-state index is -0.602. The Morgan fingerprint density at radius 2 is 1.79 bits per heavy atom. The Balaban J connectivity index is 2.01. The lowest BCUT2D eigenvalue weighted by Crippen LogP contribution is -2.33. The van der Waals surface area contributed by atoms with Crippen LogP contribution in [0.5, 0.6) is 0 Å². The quantitative estimate of drug-likeness (QED) is 0.815. The number of anilines is 1. The Kier molecular flexibility index (Phi) is 5.92. The van der Waals surface area contributed by atoms with Gasteiger partial charge in [0.25, 0.3) is 5.91 Å². The fraction of sp³-hybridized carbons (Fsp3) is 0.118. The molecule has 7 heteroatoms. The molecule has 0 fully saturated rings. The van der Waals surface area contributed by atoms with Gasteiger partial charge in [-0.1, -0.05) is 29.8 Å². The molecule has 0 radical (unpaired) electrons. The highest BCUT2D eigenvalue weighted by Gasteiger charge is 2.15. The number of rotatable bonds is 5. The number of amides is 2. The van der Waals surface area contributed by atoms with Crippen molar-refractivity contribution >= 4 is 35.1 Å². The lowest BCUT2D eigenvalue weighted by molar-refractivity contribution is -0.115. The van der Waals surface area contributed by atoms with Crippen LogP contribution >= 0.6 is 11.6 Å². The van der Waals surface area contributed by atoms with Gasteiger partial charge in [-0.3, -0.25) is 9.59 Å². The molecule has 0 spiro atoms. The molecule has 0 heterocycles. The van der Waals surface area contributed by atoms with Gasteiger partial charge in [0.15, 0.2) is 0 Å². The standard InChI is InChI=1S/C17H15ClN2O4/c1-24-17(23)13-8-7-12(18)9-14(13)20-15(21)10-19-16(22)11-5-3-2-4-6-11/h2-9H,10H2,1H3,(H,19,22)(H,20,21). The molecule has 0 bridgehead atoms. The van der Waals surface area contributed by atoms with Crippen molar-refractivity contribution in [3.63, 3.8) is 0 Å². The van der Waals surface area contributed by atoms with Gasteiger partial charge in [0.1, 0.15) is 0 Å². The maximum absolute atomic E-state index is 12.0. The summed E-state index contributed by atoms with van der Waals surface area (Å²) >= 11 is 5.88. The lowest BCUT2D eigenvalue weighted by atomic mass is 10.1. The predicted molar refractivity (Wildman–Crippen MR) is 90.2 cm³/mol. The number of ether oxygens (including phenoxy) is 1. The van der Waals surface area contributed by atoms with E-state index in [-0.39, 0.29) is 23.7 Å². The van der Waals surface area contributed by atoms with Crippen molar-refractivity contribution < 1.29 is 19.1 Å². The van der Waals surface area contributed by atoms with Crippen LogP contribution < -0.4 is 10.6 Å². The molecule has 0 saturated carbocycles. The van der Waals surface area contributed by atoms with E-state index < -0.39 is 11.9 Å². The third kappa shape index (κ3) is 4.57. The van der Waals surface area contributed by atoms with Gasteiger partial charge in [0.05, 0.1) is 24.9 Å². The van der Waals surface area contributed by atoms with E-state index in [0.29, 0.717) is 10.6 Å². The smallest absolute Gasteiger partial charge is 0.339 e. The lowest BCUT2D eigenvalue weighted by Gasteiger charge is -2.11. The molecule has 0 aliphatic heterocycles. The Bertz CT molecular complexity index is 762. The van der Waals surface area contributed by atoms with Crippen molar-refractivity contribution in [2.24, 2.45) is 0 Å². The Hall–Kier alpha value is -2.86. The van der Waals surface area contributed by atoms with Gasteiger partial charge in [0.2, 0.25) is 5.91 Å². The minimum absolute atomic E-state index is 0.171. The van der Waals surface area contributed by atoms with Crippen molar-refractivity contribution in [3.05, 3.63) is 64.7 Å². The molecule has 0 aliphatic rings. The molecule has 0 unspecified atom stereocenters. The predicted octanol–water partition coefficient (Wildman–Crippen LogP) is 2.50. The molecule has 2 rings (SSSR count). The molecule has 124 valence electrons. The van der Waals surface area contributed by atoms with Gasteiger partial charge in [-0.15, -0.1) is 0 Å². The second-order valence-electron chi connectivity index (χ2n) is 4.78. The summed E-state index contributed by atoms with van der Waals surface area (Å²) in [6, 6.07) is 12.9. The average molecular weight is 347 g/mol. The van der Waals surface area contributed by atoms with E-state index in [1.807, 2.05) is 0 Å². The molecule has 2 N–H and O–H groups in total. The highest BCUT2D eigenvalue weighted by atomic mass is 35.5. The van der Waals surface area contributed by atoms with Gasteiger partial charge in [-0.25, -0.2) is 4.79 Å². The molecule has 0 aliphatic carbocycles. The van der Waals surface area contributed by atoms with Crippen molar-refractivity contribution in [1.82, 2.24) is 5.32 Å². The summed E-state index contributed by atoms with van der Waals surface area (Å²) in [5.41, 5.74) is 0.834. The molecule has 0 saturated heterocycles. The van der Waals surface area contributed by atoms with Crippen LogP contribution in [-0.4, -0.2) is 31.4 Å². The summed E-state index contributed by atoms with van der Waals surface area (Å²) in [5.74, 6) is -1.47. The van der Waals surface area contributed by atoms with Crippen LogP contribution in [0.15, 0.2) is 48.5 Å². The van der Waals surface area contributed by atoms with Gasteiger partial charge in [-0.2, -0.15) is 0 Å². The zero-order valence-corrected chi connectivity index (χ0v) is 13.6. The topological polar surface area (TPSA) is 84.5 Å². The number of esters is 1. The van der Waals surface area contributed by atoms with E-state index in [2.05, 4.69) is 15.4 Å². The number of benzene rings is 2. The van der Waals surface area contributed by atoms with E-state index in [4.69, 9.17) is 11.6 Å². The van der Waals surface area contributed by atoms with Crippen molar-refractivity contribution in [2.75, 3.05) is 19.0 Å². The van der Waals surface area contributed by atoms with Crippen LogP contribution in [0.3, 0.4) is 0 Å². The summed E-state index contributed by atoms with van der Waals surface area (Å²) in [6.07, 6.45) is 0. The van der Waals surface area contributed by atoms with Gasteiger partial charge < -0.3 is 15.4 Å². The van der Waals surface area contributed by atoms with Crippen molar-refractivity contribution in [2.45, 2.75) is 0 Å². The average Bonchev–Trinajstić information content (AvgIpc) is 2.60. The second kappa shape index (κ2) is 8.12. The van der Waals surface area contributed by atoms with Crippen LogP contribution in [0.2, 0.25) is 5.02 Å². The highest BCUT2D eigenvalue weighted by molar-refractivity contribution is 6.31. The number of hydrogen-bond acceptors (Lipinski definition) is 4. The third-order valence-corrected chi connectivity index (χ3v) is 3.34. The first-order valence-corrected chi connectivity index (χ1v) is 7.40. The number of halogens is 1. The van der Waals surface area contributed by atoms with Crippen LogP contribution in [-0.2, 0) is 9.53 Å². The van der Waals surface area contributed by atoms with Crippen molar-refractivity contribution in [1.29, 1.82) is 0 Å². The number of methoxy groups -OCH3 is 1. The fourth-order valence-electron chi connectivity index (χ4n) is 1.95. The number of carbonyl (C=O) groups excluding carboxylic acids is 3. The summed E-state index contributed by atoms with van der Waals surface area (Å²) in [5, 5.41) is 5.38. The van der Waals surface area contributed by atoms with Crippen molar-refractivity contribution in [3.8, 4) is 0 Å². The number of carbonyl (C=O) groups is 3. The zero-order chi connectivity index (χ0) is 17.5. The summed E-state index contributed by atoms with van der Waals surface area (Å²) < 4.78 is 4.65. The van der Waals surface area contributed by atoms with E-state index in [1.54, 1.807) is 30.3 Å². The Morgan fingerprint density at radius 1 is 1.08 bits per heavy atom. The summed E-state index contributed by atoms with van der Waals surface area (Å²) in [7, 11) is 1.24. The monoisotopic (exact) mass is 346 g/mol. The highest BCUT2D eigenvalue weighted by Crippen LogP contribution is 2.21. The van der Waals surface area contributed by atoms with E-state index >= 15 is 0 Å². The van der Waals surface area contributed by atoms with Crippen LogP contribution in [0, 0.1) is 0 Å². The first-order chi connectivity index (χ1) is 11.5. The number of nitrogens with one attached hydrogen (secondary N) is 2. The SMILES string of the molecule is COC(=O)c1ccc(Cl)cc1NC(=O)CNC(=O)c1ccccc1. The maximum atomic E-state index is 12.0.